The summed E-state index contributed by atoms with van der Waals surface area (Å²) in [6.45, 7) is 6.28. The molecular weight excluding hydrogens is 240 g/mol. The van der Waals surface area contributed by atoms with Crippen LogP contribution in [0.4, 0.5) is 0 Å². The van der Waals surface area contributed by atoms with E-state index in [0.717, 1.165) is 25.8 Å². The molecule has 2 heterocycles. The molecule has 19 heavy (non-hydrogen) atoms. The number of nitrogens with zero attached hydrogens (tertiary/aromatic N) is 1. The SMILES string of the molecule is CCCN(C(=O)CCOCC)C1CC2CCC(C1)N2. The normalized spacial score (nSPS) is 29.5. The third-order valence-corrected chi connectivity index (χ3v) is 4.34. The van der Waals surface area contributed by atoms with E-state index >= 15 is 0 Å². The molecule has 0 aromatic rings. The van der Waals surface area contributed by atoms with Gasteiger partial charge in [-0.3, -0.25) is 4.79 Å². The number of carbonyl (C=O) groups excluding carboxylic acids is 1. The van der Waals surface area contributed by atoms with Crippen LogP contribution in [0.5, 0.6) is 0 Å². The van der Waals surface area contributed by atoms with Gasteiger partial charge in [-0.15, -0.1) is 0 Å². The van der Waals surface area contributed by atoms with Gasteiger partial charge in [0, 0.05) is 31.3 Å². The minimum Gasteiger partial charge on any atom is -0.381 e. The Kier molecular flexibility index (Phi) is 5.64. The van der Waals surface area contributed by atoms with E-state index in [-0.39, 0.29) is 5.91 Å². The molecule has 2 aliphatic rings. The van der Waals surface area contributed by atoms with E-state index in [9.17, 15) is 4.79 Å². The highest BCUT2D eigenvalue weighted by Gasteiger charge is 2.37. The Morgan fingerprint density at radius 3 is 2.53 bits per heavy atom. The number of carbonyl (C=O) groups is 1. The lowest BCUT2D eigenvalue weighted by molar-refractivity contribution is -0.135. The third-order valence-electron chi connectivity index (χ3n) is 4.34. The molecule has 0 radical (unpaired) electrons. The first-order valence-corrected chi connectivity index (χ1v) is 7.87. The Balaban J connectivity index is 1.89. The molecule has 0 spiro atoms. The van der Waals surface area contributed by atoms with Crippen LogP contribution < -0.4 is 5.32 Å². The summed E-state index contributed by atoms with van der Waals surface area (Å²) >= 11 is 0. The molecule has 2 saturated heterocycles. The Morgan fingerprint density at radius 2 is 1.95 bits per heavy atom. The van der Waals surface area contributed by atoms with Crippen molar-refractivity contribution in [2.45, 2.75) is 70.5 Å². The van der Waals surface area contributed by atoms with Crippen LogP contribution in [0.25, 0.3) is 0 Å². The molecule has 1 N–H and O–H groups in total. The number of fused-ring (bicyclic) bond motifs is 2. The van der Waals surface area contributed by atoms with Crippen LogP contribution in [0.2, 0.25) is 0 Å². The van der Waals surface area contributed by atoms with Crippen LogP contribution in [-0.2, 0) is 9.53 Å². The number of amides is 1. The molecule has 4 heteroatoms. The molecule has 4 nitrogen and oxygen atoms in total. The molecular formula is C15H28N2O2. The van der Waals surface area contributed by atoms with Gasteiger partial charge >= 0.3 is 0 Å². The van der Waals surface area contributed by atoms with Crippen molar-refractivity contribution in [2.24, 2.45) is 0 Å². The number of hydrogen-bond acceptors (Lipinski definition) is 3. The molecule has 2 aliphatic heterocycles. The van der Waals surface area contributed by atoms with Gasteiger partial charge in [0.2, 0.25) is 5.91 Å². The fraction of sp³-hybridized carbons (Fsp3) is 0.933. The summed E-state index contributed by atoms with van der Waals surface area (Å²) in [5.41, 5.74) is 0. The van der Waals surface area contributed by atoms with Crippen molar-refractivity contribution in [1.29, 1.82) is 0 Å². The average Bonchev–Trinajstić information content (AvgIpc) is 2.75. The van der Waals surface area contributed by atoms with Crippen LogP contribution in [-0.4, -0.2) is 48.7 Å². The van der Waals surface area contributed by atoms with E-state index in [1.807, 2.05) is 6.92 Å². The van der Waals surface area contributed by atoms with Gasteiger partial charge in [0.25, 0.3) is 0 Å². The van der Waals surface area contributed by atoms with Gasteiger partial charge in [0.1, 0.15) is 0 Å². The largest absolute Gasteiger partial charge is 0.381 e. The zero-order chi connectivity index (χ0) is 13.7. The number of hydrogen-bond donors (Lipinski definition) is 1. The lowest BCUT2D eigenvalue weighted by Crippen LogP contribution is -2.50. The van der Waals surface area contributed by atoms with Gasteiger partial charge in [-0.25, -0.2) is 0 Å². The van der Waals surface area contributed by atoms with E-state index in [4.69, 9.17) is 4.74 Å². The maximum atomic E-state index is 12.4. The second-order valence-corrected chi connectivity index (χ2v) is 5.80. The number of rotatable bonds is 7. The standard InChI is InChI=1S/C15H28N2O2/c1-3-8-17(15(18)7-9-19-4-2)14-10-12-5-6-13(11-14)16-12/h12-14,16H,3-11H2,1-2H3. The molecule has 1 amide bonds. The van der Waals surface area contributed by atoms with Gasteiger partial charge in [-0.2, -0.15) is 0 Å². The summed E-state index contributed by atoms with van der Waals surface area (Å²) in [7, 11) is 0. The van der Waals surface area contributed by atoms with Crippen LogP contribution in [0.1, 0.15) is 52.4 Å². The smallest absolute Gasteiger partial charge is 0.225 e. The van der Waals surface area contributed by atoms with Gasteiger partial charge in [0.15, 0.2) is 0 Å². The summed E-state index contributed by atoms with van der Waals surface area (Å²) in [5, 5.41) is 3.65. The molecule has 0 aromatic heterocycles. The Hall–Kier alpha value is -0.610. The fourth-order valence-electron chi connectivity index (χ4n) is 3.48. The highest BCUT2D eigenvalue weighted by Crippen LogP contribution is 2.30. The fourth-order valence-corrected chi connectivity index (χ4v) is 3.48. The van der Waals surface area contributed by atoms with E-state index in [0.29, 0.717) is 37.8 Å². The number of ether oxygens (including phenoxy) is 1. The minimum atomic E-state index is 0.279. The Bertz CT molecular complexity index is 284. The maximum Gasteiger partial charge on any atom is 0.225 e. The molecule has 2 unspecified atom stereocenters. The van der Waals surface area contributed by atoms with Gasteiger partial charge < -0.3 is 15.0 Å². The number of piperidine rings is 1. The Morgan fingerprint density at radius 1 is 1.26 bits per heavy atom. The second-order valence-electron chi connectivity index (χ2n) is 5.80. The molecule has 2 atom stereocenters. The monoisotopic (exact) mass is 268 g/mol. The lowest BCUT2D eigenvalue weighted by atomic mass is 9.97. The van der Waals surface area contributed by atoms with Crippen molar-refractivity contribution >= 4 is 5.91 Å². The van der Waals surface area contributed by atoms with Gasteiger partial charge in [-0.1, -0.05) is 6.92 Å². The first-order valence-electron chi connectivity index (χ1n) is 7.87. The predicted octanol–water partition coefficient (Wildman–Crippen LogP) is 1.93. The molecule has 0 aromatic carbocycles. The molecule has 2 bridgehead atoms. The predicted molar refractivity (Wildman–Crippen MR) is 76.1 cm³/mol. The highest BCUT2D eigenvalue weighted by molar-refractivity contribution is 5.76. The third kappa shape index (κ3) is 3.93. The van der Waals surface area contributed by atoms with E-state index < -0.39 is 0 Å². The van der Waals surface area contributed by atoms with Crippen LogP contribution in [0, 0.1) is 0 Å². The summed E-state index contributed by atoms with van der Waals surface area (Å²) in [5.74, 6) is 0.279. The molecule has 0 saturated carbocycles. The molecule has 2 rings (SSSR count). The summed E-state index contributed by atoms with van der Waals surface area (Å²) in [6, 6.07) is 1.73. The maximum absolute atomic E-state index is 12.4. The van der Waals surface area contributed by atoms with E-state index in [2.05, 4.69) is 17.1 Å². The topological polar surface area (TPSA) is 41.6 Å². The quantitative estimate of drug-likeness (QED) is 0.717. The highest BCUT2D eigenvalue weighted by atomic mass is 16.5. The van der Waals surface area contributed by atoms with Crippen molar-refractivity contribution < 1.29 is 9.53 Å². The zero-order valence-corrected chi connectivity index (χ0v) is 12.4. The zero-order valence-electron chi connectivity index (χ0n) is 12.4. The van der Waals surface area contributed by atoms with Crippen LogP contribution >= 0.6 is 0 Å². The van der Waals surface area contributed by atoms with Crippen molar-refractivity contribution in [3.05, 3.63) is 0 Å². The van der Waals surface area contributed by atoms with E-state index in [1.165, 1.54) is 12.8 Å². The van der Waals surface area contributed by atoms with Crippen LogP contribution in [0.3, 0.4) is 0 Å². The average molecular weight is 268 g/mol. The Labute approximate surface area is 116 Å². The number of nitrogens with one attached hydrogen (secondary N) is 1. The van der Waals surface area contributed by atoms with Crippen molar-refractivity contribution in [3.8, 4) is 0 Å². The van der Waals surface area contributed by atoms with Crippen molar-refractivity contribution in [1.82, 2.24) is 10.2 Å². The first kappa shape index (κ1) is 14.8. The first-order chi connectivity index (χ1) is 9.24. The summed E-state index contributed by atoms with van der Waals surface area (Å²) < 4.78 is 5.31. The van der Waals surface area contributed by atoms with Crippen molar-refractivity contribution in [2.75, 3.05) is 19.8 Å². The van der Waals surface area contributed by atoms with Crippen LogP contribution in [0.15, 0.2) is 0 Å². The molecule has 110 valence electrons. The molecule has 0 aliphatic carbocycles. The van der Waals surface area contributed by atoms with E-state index in [1.54, 1.807) is 0 Å². The summed E-state index contributed by atoms with van der Waals surface area (Å²) in [6.07, 6.45) is 6.42. The lowest BCUT2D eigenvalue weighted by Gasteiger charge is -2.38. The van der Waals surface area contributed by atoms with Gasteiger partial charge in [-0.05, 0) is 39.0 Å². The van der Waals surface area contributed by atoms with Gasteiger partial charge in [0.05, 0.1) is 13.0 Å². The second kappa shape index (κ2) is 7.25. The summed E-state index contributed by atoms with van der Waals surface area (Å²) in [4.78, 5) is 14.5. The minimum absolute atomic E-state index is 0.279. The van der Waals surface area contributed by atoms with Crippen molar-refractivity contribution in [3.63, 3.8) is 0 Å². The molecule has 2 fully saturated rings.